The van der Waals surface area contributed by atoms with Crippen molar-refractivity contribution >= 4 is 23.4 Å². The second-order valence-corrected chi connectivity index (χ2v) is 11.3. The van der Waals surface area contributed by atoms with Gasteiger partial charge in [-0.2, -0.15) is 5.26 Å². The second kappa shape index (κ2) is 12.4. The molecule has 0 N–H and O–H groups in total. The zero-order chi connectivity index (χ0) is 29.8. The molecule has 1 aromatic heterocycles. The molecule has 0 radical (unpaired) electrons. The van der Waals surface area contributed by atoms with Crippen LogP contribution in [0.3, 0.4) is 0 Å². The molecule has 5 rings (SSSR count). The molecule has 0 spiro atoms. The Morgan fingerprint density at radius 2 is 1.81 bits per heavy atom. The van der Waals surface area contributed by atoms with E-state index in [4.69, 9.17) is 9.47 Å². The monoisotopic (exact) mass is 577 g/mol. The predicted octanol–water partition coefficient (Wildman–Crippen LogP) is 5.37. The number of nitrogens with zero attached hydrogens (tertiary/aromatic N) is 3. The Balaban J connectivity index is 1.49. The van der Waals surface area contributed by atoms with Crippen LogP contribution in [0.5, 0.6) is 5.75 Å². The number of allylic oxidation sites excluding steroid dienone is 1. The smallest absolute Gasteiger partial charge is 0.338 e. The van der Waals surface area contributed by atoms with Gasteiger partial charge in [0.1, 0.15) is 12.4 Å². The Bertz CT molecular complexity index is 1880. The van der Waals surface area contributed by atoms with Crippen molar-refractivity contribution in [2.75, 3.05) is 6.61 Å². The average Bonchev–Trinajstić information content (AvgIpc) is 3.30. The van der Waals surface area contributed by atoms with E-state index in [-0.39, 0.29) is 18.8 Å². The van der Waals surface area contributed by atoms with Gasteiger partial charge in [-0.05, 0) is 60.7 Å². The number of carbonyl (C=O) groups excluding carboxylic acids is 1. The molecule has 42 heavy (non-hydrogen) atoms. The largest absolute Gasteiger partial charge is 0.489 e. The normalized spacial score (nSPS) is 14.8. The van der Waals surface area contributed by atoms with Crippen LogP contribution in [-0.2, 0) is 16.1 Å². The number of rotatable bonds is 8. The summed E-state index contributed by atoms with van der Waals surface area (Å²) in [6.07, 6.45) is 1.82. The van der Waals surface area contributed by atoms with Crippen LogP contribution in [0.4, 0.5) is 0 Å². The van der Waals surface area contributed by atoms with Gasteiger partial charge in [-0.1, -0.05) is 79.8 Å². The minimum absolute atomic E-state index is 0.223. The Kier molecular flexibility index (Phi) is 8.51. The molecule has 0 amide bonds. The van der Waals surface area contributed by atoms with Crippen LogP contribution in [-0.4, -0.2) is 17.1 Å². The summed E-state index contributed by atoms with van der Waals surface area (Å²) in [5, 5.41) is 9.30. The Morgan fingerprint density at radius 3 is 2.48 bits per heavy atom. The maximum absolute atomic E-state index is 13.9. The van der Waals surface area contributed by atoms with E-state index in [1.807, 2.05) is 72.8 Å². The SMILES string of the molecule is CCOC(=O)C1=C(C)N=c2s/c(=C/c3ccc(OCc4ccccc4C#N)cc3)c(=O)n2[C@H]1c1ccc(C(C)C)cc1. The zero-order valence-electron chi connectivity index (χ0n) is 24.0. The van der Waals surface area contributed by atoms with Crippen molar-refractivity contribution < 1.29 is 14.3 Å². The van der Waals surface area contributed by atoms with Crippen LogP contribution in [0.2, 0.25) is 0 Å². The summed E-state index contributed by atoms with van der Waals surface area (Å²) in [5.41, 5.74) is 4.90. The minimum Gasteiger partial charge on any atom is -0.489 e. The molecule has 0 saturated carbocycles. The fourth-order valence-electron chi connectivity index (χ4n) is 4.90. The number of carbonyl (C=O) groups is 1. The van der Waals surface area contributed by atoms with Gasteiger partial charge in [-0.15, -0.1) is 0 Å². The molecule has 1 atom stereocenters. The van der Waals surface area contributed by atoms with Crippen molar-refractivity contribution in [2.45, 2.75) is 46.3 Å². The van der Waals surface area contributed by atoms with E-state index in [1.165, 1.54) is 16.9 Å². The summed E-state index contributed by atoms with van der Waals surface area (Å²) < 4.78 is 13.4. The third kappa shape index (κ3) is 5.83. The van der Waals surface area contributed by atoms with E-state index in [9.17, 15) is 14.9 Å². The maximum atomic E-state index is 13.9. The fraction of sp³-hybridized carbons (Fsp3) is 0.235. The molecule has 7 nitrogen and oxygen atoms in total. The van der Waals surface area contributed by atoms with Crippen molar-refractivity contribution in [3.05, 3.63) is 132 Å². The van der Waals surface area contributed by atoms with Crippen LogP contribution >= 0.6 is 11.3 Å². The number of nitriles is 1. The van der Waals surface area contributed by atoms with E-state index >= 15 is 0 Å². The van der Waals surface area contributed by atoms with Crippen molar-refractivity contribution in [3.8, 4) is 11.8 Å². The first kappa shape index (κ1) is 28.8. The molecule has 0 saturated heterocycles. The molecule has 0 bridgehead atoms. The molecule has 8 heteroatoms. The molecule has 3 aromatic carbocycles. The number of thiazole rings is 1. The average molecular weight is 578 g/mol. The van der Waals surface area contributed by atoms with Gasteiger partial charge in [0.25, 0.3) is 5.56 Å². The Hall–Kier alpha value is -4.74. The molecule has 0 fully saturated rings. The number of hydrogen-bond donors (Lipinski definition) is 0. The van der Waals surface area contributed by atoms with E-state index in [0.29, 0.717) is 37.8 Å². The lowest BCUT2D eigenvalue weighted by molar-refractivity contribution is -0.139. The van der Waals surface area contributed by atoms with Crippen LogP contribution in [0.25, 0.3) is 6.08 Å². The van der Waals surface area contributed by atoms with Gasteiger partial charge in [0.2, 0.25) is 0 Å². The summed E-state index contributed by atoms with van der Waals surface area (Å²) in [7, 11) is 0. The van der Waals surface area contributed by atoms with Crippen LogP contribution in [0.1, 0.15) is 67.5 Å². The van der Waals surface area contributed by atoms with Gasteiger partial charge < -0.3 is 9.47 Å². The first-order valence-electron chi connectivity index (χ1n) is 13.8. The van der Waals surface area contributed by atoms with Crippen LogP contribution in [0, 0.1) is 11.3 Å². The molecule has 0 unspecified atom stereocenters. The number of ether oxygens (including phenoxy) is 2. The van der Waals surface area contributed by atoms with Gasteiger partial charge in [-0.25, -0.2) is 9.79 Å². The summed E-state index contributed by atoms with van der Waals surface area (Å²) in [6, 6.07) is 24.3. The lowest BCUT2D eigenvalue weighted by atomic mass is 9.93. The standard InChI is InChI=1S/C34H31N3O4S/c1-5-40-33(39)30-22(4)36-34-37(31(30)25-14-12-24(13-15-25)21(2)3)32(38)29(42-34)18-23-10-16-28(17-11-23)41-20-27-9-7-6-8-26(27)19-35/h6-18,21,31H,5,20H2,1-4H3/b29-18+/t31-/m0/s1. The van der Waals surface area contributed by atoms with Gasteiger partial charge in [0.15, 0.2) is 4.80 Å². The molecule has 1 aliphatic heterocycles. The van der Waals surface area contributed by atoms with Crippen molar-refractivity contribution in [3.63, 3.8) is 0 Å². The highest BCUT2D eigenvalue weighted by atomic mass is 32.1. The third-order valence-corrected chi connectivity index (χ3v) is 8.13. The maximum Gasteiger partial charge on any atom is 0.338 e. The summed E-state index contributed by atoms with van der Waals surface area (Å²) in [5.74, 6) is 0.535. The summed E-state index contributed by atoms with van der Waals surface area (Å²) >= 11 is 1.29. The van der Waals surface area contributed by atoms with E-state index in [2.05, 4.69) is 24.9 Å². The van der Waals surface area contributed by atoms with Gasteiger partial charge in [-0.3, -0.25) is 9.36 Å². The van der Waals surface area contributed by atoms with Crippen LogP contribution < -0.4 is 19.6 Å². The van der Waals surface area contributed by atoms with Crippen molar-refractivity contribution in [2.24, 2.45) is 4.99 Å². The highest BCUT2D eigenvalue weighted by Gasteiger charge is 2.33. The van der Waals surface area contributed by atoms with Crippen molar-refractivity contribution in [1.29, 1.82) is 5.26 Å². The van der Waals surface area contributed by atoms with Gasteiger partial charge in [0, 0.05) is 5.56 Å². The summed E-state index contributed by atoms with van der Waals surface area (Å²) in [4.78, 5) is 32.2. The molecular weight excluding hydrogens is 546 g/mol. The molecule has 4 aromatic rings. The quantitative estimate of drug-likeness (QED) is 0.263. The van der Waals surface area contributed by atoms with E-state index in [0.717, 1.165) is 16.7 Å². The number of esters is 1. The Morgan fingerprint density at radius 1 is 1.10 bits per heavy atom. The summed E-state index contributed by atoms with van der Waals surface area (Å²) in [6.45, 7) is 8.30. The van der Waals surface area contributed by atoms with Crippen LogP contribution in [0.15, 0.2) is 93.9 Å². The first-order valence-corrected chi connectivity index (χ1v) is 14.6. The minimum atomic E-state index is -0.643. The molecule has 2 heterocycles. The highest BCUT2D eigenvalue weighted by Crippen LogP contribution is 2.31. The predicted molar refractivity (Wildman–Crippen MR) is 163 cm³/mol. The number of aromatic nitrogens is 1. The second-order valence-electron chi connectivity index (χ2n) is 10.3. The third-order valence-electron chi connectivity index (χ3n) is 7.15. The Labute approximate surface area is 248 Å². The van der Waals surface area contributed by atoms with E-state index < -0.39 is 12.0 Å². The zero-order valence-corrected chi connectivity index (χ0v) is 24.8. The topological polar surface area (TPSA) is 93.7 Å². The van der Waals surface area contributed by atoms with Crippen molar-refractivity contribution in [1.82, 2.24) is 4.57 Å². The molecular formula is C34H31N3O4S. The molecule has 0 aliphatic carbocycles. The first-order chi connectivity index (χ1) is 20.3. The lowest BCUT2D eigenvalue weighted by Crippen LogP contribution is -2.39. The number of benzene rings is 3. The van der Waals surface area contributed by atoms with Gasteiger partial charge >= 0.3 is 5.97 Å². The lowest BCUT2D eigenvalue weighted by Gasteiger charge is -2.25. The van der Waals surface area contributed by atoms with E-state index in [1.54, 1.807) is 24.5 Å². The highest BCUT2D eigenvalue weighted by molar-refractivity contribution is 7.07. The van der Waals surface area contributed by atoms with Gasteiger partial charge in [0.05, 0.1) is 40.1 Å². The number of hydrogen-bond acceptors (Lipinski definition) is 7. The molecule has 212 valence electrons. The fourth-order valence-corrected chi connectivity index (χ4v) is 5.94. The number of fused-ring (bicyclic) bond motifs is 1. The molecule has 1 aliphatic rings.